The van der Waals surface area contributed by atoms with Gasteiger partial charge in [0.25, 0.3) is 12.3 Å². The number of hydrazone groups is 1. The molecule has 2 aromatic rings. The molecule has 26 heavy (non-hydrogen) atoms. The number of alkyl halides is 2. The van der Waals surface area contributed by atoms with Crippen molar-refractivity contribution in [3.05, 3.63) is 33.8 Å². The van der Waals surface area contributed by atoms with Gasteiger partial charge in [0.1, 0.15) is 6.67 Å². The Morgan fingerprint density at radius 3 is 2.65 bits per heavy atom. The van der Waals surface area contributed by atoms with Crippen molar-refractivity contribution in [3.63, 3.8) is 0 Å². The van der Waals surface area contributed by atoms with E-state index in [4.69, 9.17) is 0 Å². The molecule has 0 unspecified atom stereocenters. The number of halogens is 3. The third-order valence-corrected chi connectivity index (χ3v) is 5.27. The van der Waals surface area contributed by atoms with Gasteiger partial charge < -0.3 is 5.11 Å². The van der Waals surface area contributed by atoms with Gasteiger partial charge in [0.2, 0.25) is 5.72 Å². The normalized spacial score (nSPS) is 20.2. The number of hydrogen-bond donors (Lipinski definition) is 1. The summed E-state index contributed by atoms with van der Waals surface area (Å²) in [5, 5.41) is 22.8. The fourth-order valence-corrected chi connectivity index (χ4v) is 3.03. The Hall–Kier alpha value is -2.14. The molecular weight excluding hydrogens is 414 g/mol. The van der Waals surface area contributed by atoms with Gasteiger partial charge in [-0.3, -0.25) is 9.48 Å². The molecule has 0 aliphatic carbocycles. The van der Waals surface area contributed by atoms with Gasteiger partial charge in [0.15, 0.2) is 5.69 Å². The number of carbonyl (C=O) groups excluding carboxylic acids is 1. The van der Waals surface area contributed by atoms with E-state index in [1.165, 1.54) is 23.9 Å². The summed E-state index contributed by atoms with van der Waals surface area (Å²) in [6.45, 7) is 5.45. The van der Waals surface area contributed by atoms with Crippen molar-refractivity contribution < 1.29 is 18.7 Å². The van der Waals surface area contributed by atoms with Crippen LogP contribution in [0.3, 0.4) is 0 Å². The summed E-state index contributed by atoms with van der Waals surface area (Å²) >= 11 is 3.43. The number of rotatable bonds is 4. The van der Waals surface area contributed by atoms with E-state index in [9.17, 15) is 18.7 Å². The molecule has 1 atom stereocenters. The van der Waals surface area contributed by atoms with Crippen molar-refractivity contribution in [2.45, 2.75) is 46.0 Å². The monoisotopic (exact) mass is 430 g/mol. The molecule has 0 saturated carbocycles. The van der Waals surface area contributed by atoms with Gasteiger partial charge in [0, 0.05) is 18.3 Å². The van der Waals surface area contributed by atoms with Gasteiger partial charge in [-0.05, 0) is 42.8 Å². The van der Waals surface area contributed by atoms with Crippen molar-refractivity contribution in [2.75, 3.05) is 0 Å². The molecule has 0 aromatic carbocycles. The summed E-state index contributed by atoms with van der Waals surface area (Å²) in [6.07, 6.45) is -2.02. The zero-order valence-corrected chi connectivity index (χ0v) is 15.9. The first-order valence-corrected chi connectivity index (χ1v) is 8.55. The van der Waals surface area contributed by atoms with E-state index in [2.05, 4.69) is 31.2 Å². The predicted molar refractivity (Wildman–Crippen MR) is 91.9 cm³/mol. The number of hydrogen-bond acceptors (Lipinski definition) is 5. The largest absolute Gasteiger partial charge is 0.364 e. The Morgan fingerprint density at radius 2 is 2.08 bits per heavy atom. The molecule has 140 valence electrons. The Morgan fingerprint density at radius 1 is 1.38 bits per heavy atom. The molecular formula is C15H17BrF2N6O2. The number of amides is 1. The average Bonchev–Trinajstić information content (AvgIpc) is 3.22. The minimum Gasteiger partial charge on any atom is -0.364 e. The van der Waals surface area contributed by atoms with Crippen LogP contribution in [0.5, 0.6) is 0 Å². The van der Waals surface area contributed by atoms with Crippen molar-refractivity contribution in [1.29, 1.82) is 0 Å². The summed E-state index contributed by atoms with van der Waals surface area (Å²) in [7, 11) is 0. The van der Waals surface area contributed by atoms with Crippen LogP contribution < -0.4 is 0 Å². The lowest BCUT2D eigenvalue weighted by molar-refractivity contribution is -0.164. The topological polar surface area (TPSA) is 88.5 Å². The van der Waals surface area contributed by atoms with Crippen molar-refractivity contribution in [2.24, 2.45) is 5.10 Å². The lowest BCUT2D eigenvalue weighted by Gasteiger charge is -2.29. The SMILES string of the molecule is CC1=NN(C(=O)c2ccn(Cn3nc(C)c(Br)c3C)n2)[C@@](O)(C(F)F)C1. The molecule has 0 radical (unpaired) electrons. The standard InChI is InChI=1S/C15H17BrF2N6O2/c1-8-6-15(26,14(17)18)24(19-8)13(25)11-4-5-22(21-11)7-23-10(3)12(16)9(2)20-23/h4-5,14,26H,6-7H2,1-3H3/t15-/m0/s1. The summed E-state index contributed by atoms with van der Waals surface area (Å²) < 4.78 is 30.5. The van der Waals surface area contributed by atoms with E-state index >= 15 is 0 Å². The third-order valence-electron chi connectivity index (χ3n) is 4.13. The lowest BCUT2D eigenvalue weighted by Crippen LogP contribution is -2.51. The fourth-order valence-electron chi connectivity index (χ4n) is 2.75. The Balaban J connectivity index is 1.83. The second-order valence-electron chi connectivity index (χ2n) is 6.17. The molecule has 1 aliphatic rings. The molecule has 0 bridgehead atoms. The van der Waals surface area contributed by atoms with Crippen LogP contribution in [0, 0.1) is 13.8 Å². The second-order valence-corrected chi connectivity index (χ2v) is 6.97. The number of nitrogens with zero attached hydrogens (tertiary/aromatic N) is 6. The quantitative estimate of drug-likeness (QED) is 0.804. The molecule has 0 saturated heterocycles. The van der Waals surface area contributed by atoms with Gasteiger partial charge in [-0.2, -0.15) is 20.3 Å². The van der Waals surface area contributed by atoms with E-state index < -0.39 is 24.5 Å². The maximum absolute atomic E-state index is 13.2. The van der Waals surface area contributed by atoms with E-state index in [1.54, 1.807) is 4.68 Å². The highest BCUT2D eigenvalue weighted by Crippen LogP contribution is 2.32. The van der Waals surface area contributed by atoms with Crippen LogP contribution in [0.15, 0.2) is 21.8 Å². The maximum atomic E-state index is 13.2. The Labute approximate surface area is 156 Å². The van der Waals surface area contributed by atoms with E-state index in [1.807, 2.05) is 13.8 Å². The molecule has 1 aliphatic heterocycles. The third kappa shape index (κ3) is 3.05. The maximum Gasteiger partial charge on any atom is 0.297 e. The molecule has 3 heterocycles. The van der Waals surface area contributed by atoms with Crippen molar-refractivity contribution in [1.82, 2.24) is 24.6 Å². The number of aliphatic hydroxyl groups is 1. The van der Waals surface area contributed by atoms with Crippen LogP contribution in [-0.4, -0.2) is 53.4 Å². The van der Waals surface area contributed by atoms with Gasteiger partial charge in [-0.15, -0.1) is 0 Å². The van der Waals surface area contributed by atoms with E-state index in [0.717, 1.165) is 15.9 Å². The van der Waals surface area contributed by atoms with Crippen LogP contribution in [0.2, 0.25) is 0 Å². The number of aromatic nitrogens is 4. The van der Waals surface area contributed by atoms with Crippen LogP contribution in [0.25, 0.3) is 0 Å². The highest BCUT2D eigenvalue weighted by molar-refractivity contribution is 9.10. The van der Waals surface area contributed by atoms with Crippen LogP contribution in [0.1, 0.15) is 35.2 Å². The zero-order chi connectivity index (χ0) is 19.2. The minimum absolute atomic E-state index is 0.0943. The summed E-state index contributed by atoms with van der Waals surface area (Å²) in [6, 6.07) is 1.39. The first-order valence-electron chi connectivity index (χ1n) is 7.75. The number of aryl methyl sites for hydroxylation is 1. The average molecular weight is 431 g/mol. The molecule has 11 heteroatoms. The molecule has 2 aromatic heterocycles. The first kappa shape index (κ1) is 18.6. The fraction of sp³-hybridized carbons (Fsp3) is 0.467. The molecule has 0 fully saturated rings. The van der Waals surface area contributed by atoms with E-state index in [-0.39, 0.29) is 18.1 Å². The molecule has 3 rings (SSSR count). The molecule has 8 nitrogen and oxygen atoms in total. The Kier molecular flexibility index (Phi) is 4.69. The van der Waals surface area contributed by atoms with Gasteiger partial charge >= 0.3 is 0 Å². The van der Waals surface area contributed by atoms with Crippen LogP contribution >= 0.6 is 15.9 Å². The molecule has 1 N–H and O–H groups in total. The second kappa shape index (κ2) is 6.54. The summed E-state index contributed by atoms with van der Waals surface area (Å²) in [5.41, 5.74) is -0.797. The number of carbonyl (C=O) groups is 1. The zero-order valence-electron chi connectivity index (χ0n) is 14.3. The van der Waals surface area contributed by atoms with Crippen LogP contribution in [-0.2, 0) is 6.67 Å². The Bertz CT molecular complexity index is 893. The minimum atomic E-state index is -3.15. The van der Waals surface area contributed by atoms with E-state index in [0.29, 0.717) is 5.01 Å². The highest BCUT2D eigenvalue weighted by atomic mass is 79.9. The van der Waals surface area contributed by atoms with Crippen LogP contribution in [0.4, 0.5) is 8.78 Å². The molecule has 1 amide bonds. The van der Waals surface area contributed by atoms with Gasteiger partial charge in [-0.25, -0.2) is 13.5 Å². The lowest BCUT2D eigenvalue weighted by atomic mass is 10.1. The van der Waals surface area contributed by atoms with Gasteiger partial charge in [-0.1, -0.05) is 0 Å². The van der Waals surface area contributed by atoms with Crippen molar-refractivity contribution >= 4 is 27.5 Å². The summed E-state index contributed by atoms with van der Waals surface area (Å²) in [5.74, 6) is -0.891. The smallest absolute Gasteiger partial charge is 0.297 e. The highest BCUT2D eigenvalue weighted by Gasteiger charge is 2.51. The predicted octanol–water partition coefficient (Wildman–Crippen LogP) is 2.14. The first-order chi connectivity index (χ1) is 12.1. The van der Waals surface area contributed by atoms with Crippen molar-refractivity contribution in [3.8, 4) is 0 Å². The molecule has 0 spiro atoms. The van der Waals surface area contributed by atoms with Gasteiger partial charge in [0.05, 0.1) is 15.9 Å². The summed E-state index contributed by atoms with van der Waals surface area (Å²) in [4.78, 5) is 12.5.